The number of carboxylic acid groups (broad SMARTS) is 1. The number of halogens is 2. The molecule has 0 saturated heterocycles. The second-order valence-corrected chi connectivity index (χ2v) is 6.94. The average Bonchev–Trinajstić information content (AvgIpc) is 2.99. The first-order valence-electron chi connectivity index (χ1n) is 7.86. The normalized spacial score (nSPS) is 11.7. The summed E-state index contributed by atoms with van der Waals surface area (Å²) >= 11 is 0. The smallest absolute Gasteiger partial charge is 0.354 e. The average molecular weight is 358 g/mol. The van der Waals surface area contributed by atoms with Crippen LogP contribution in [0.3, 0.4) is 0 Å². The van der Waals surface area contributed by atoms with Gasteiger partial charge in [-0.3, -0.25) is 9.36 Å². The fourth-order valence-electron chi connectivity index (χ4n) is 2.65. The zero-order chi connectivity index (χ0) is 19.2. The standard InChI is InChI=1S/C19H16F2N2O3/c1-19(2,3)18(26)23-9-8-10-4-5-11(14(21)16(10)23)15-12(20)6-7-13(22-15)17(24)25/h4-9H,1-3H3,(H,24,25). The lowest BCUT2D eigenvalue weighted by Crippen LogP contribution is -2.26. The molecule has 0 radical (unpaired) electrons. The van der Waals surface area contributed by atoms with Crippen molar-refractivity contribution in [1.29, 1.82) is 0 Å². The second kappa shape index (κ2) is 6.01. The summed E-state index contributed by atoms with van der Waals surface area (Å²) in [6, 6.07) is 6.37. The molecule has 0 aliphatic carbocycles. The van der Waals surface area contributed by atoms with Gasteiger partial charge in [0.2, 0.25) is 5.91 Å². The van der Waals surface area contributed by atoms with Crippen molar-refractivity contribution < 1.29 is 23.5 Å². The van der Waals surface area contributed by atoms with Gasteiger partial charge in [0.15, 0.2) is 5.82 Å². The predicted molar refractivity (Wildman–Crippen MR) is 92.1 cm³/mol. The lowest BCUT2D eigenvalue weighted by molar-refractivity contribution is 0.0689. The molecule has 1 aromatic carbocycles. The maximum atomic E-state index is 15.2. The van der Waals surface area contributed by atoms with Crippen molar-refractivity contribution in [2.45, 2.75) is 20.8 Å². The zero-order valence-electron chi connectivity index (χ0n) is 14.4. The number of rotatable bonds is 2. The molecule has 0 unspecified atom stereocenters. The van der Waals surface area contributed by atoms with Gasteiger partial charge in [-0.25, -0.2) is 18.6 Å². The summed E-state index contributed by atoms with van der Waals surface area (Å²) in [4.78, 5) is 27.4. The molecule has 5 nitrogen and oxygen atoms in total. The lowest BCUT2D eigenvalue weighted by Gasteiger charge is -2.18. The van der Waals surface area contributed by atoms with Crippen LogP contribution in [0.2, 0.25) is 0 Å². The van der Waals surface area contributed by atoms with Crippen molar-refractivity contribution in [1.82, 2.24) is 9.55 Å². The van der Waals surface area contributed by atoms with E-state index in [9.17, 15) is 14.0 Å². The first kappa shape index (κ1) is 17.7. The number of fused-ring (bicyclic) bond motifs is 1. The number of aromatic carboxylic acids is 1. The summed E-state index contributed by atoms with van der Waals surface area (Å²) in [5.41, 5.74) is -1.77. The summed E-state index contributed by atoms with van der Waals surface area (Å²) < 4.78 is 30.5. The van der Waals surface area contributed by atoms with Crippen LogP contribution >= 0.6 is 0 Å². The molecule has 0 atom stereocenters. The van der Waals surface area contributed by atoms with E-state index in [1.807, 2.05) is 0 Å². The molecule has 0 aliphatic heterocycles. The molecule has 7 heteroatoms. The number of hydrogen-bond donors (Lipinski definition) is 1. The number of carbonyl (C=O) groups is 2. The number of aromatic nitrogens is 2. The molecule has 0 spiro atoms. The third-order valence-corrected chi connectivity index (χ3v) is 3.97. The van der Waals surface area contributed by atoms with E-state index in [2.05, 4.69) is 4.98 Å². The summed E-state index contributed by atoms with van der Waals surface area (Å²) in [6.45, 7) is 5.13. The molecule has 26 heavy (non-hydrogen) atoms. The van der Waals surface area contributed by atoms with Crippen molar-refractivity contribution in [3.05, 3.63) is 53.9 Å². The van der Waals surface area contributed by atoms with Crippen molar-refractivity contribution in [3.63, 3.8) is 0 Å². The van der Waals surface area contributed by atoms with Crippen LogP contribution in [0.5, 0.6) is 0 Å². The van der Waals surface area contributed by atoms with E-state index in [4.69, 9.17) is 5.11 Å². The molecular formula is C19H16F2N2O3. The van der Waals surface area contributed by atoms with Gasteiger partial charge in [0, 0.05) is 22.6 Å². The van der Waals surface area contributed by atoms with E-state index in [0.29, 0.717) is 5.39 Å². The minimum Gasteiger partial charge on any atom is -0.477 e. The largest absolute Gasteiger partial charge is 0.477 e. The highest BCUT2D eigenvalue weighted by atomic mass is 19.1. The van der Waals surface area contributed by atoms with Gasteiger partial charge in [-0.1, -0.05) is 26.8 Å². The highest BCUT2D eigenvalue weighted by molar-refractivity contribution is 5.97. The quantitative estimate of drug-likeness (QED) is 0.738. The molecule has 0 aliphatic rings. The first-order valence-corrected chi connectivity index (χ1v) is 7.86. The van der Waals surface area contributed by atoms with Crippen molar-refractivity contribution in [2.24, 2.45) is 5.41 Å². The Labute approximate surface area is 147 Å². The molecule has 2 heterocycles. The summed E-state index contributed by atoms with van der Waals surface area (Å²) in [6.07, 6.45) is 1.46. The van der Waals surface area contributed by atoms with Crippen LogP contribution in [-0.2, 0) is 0 Å². The van der Waals surface area contributed by atoms with Crippen LogP contribution < -0.4 is 0 Å². The van der Waals surface area contributed by atoms with Crippen LogP contribution in [0, 0.1) is 17.0 Å². The van der Waals surface area contributed by atoms with Gasteiger partial charge in [-0.05, 0) is 24.3 Å². The minimum atomic E-state index is -1.35. The molecule has 0 bridgehead atoms. The molecule has 134 valence electrons. The Morgan fingerprint density at radius 3 is 2.38 bits per heavy atom. The molecule has 2 aromatic heterocycles. The van der Waals surface area contributed by atoms with Crippen LogP contribution in [-0.4, -0.2) is 26.5 Å². The second-order valence-electron chi connectivity index (χ2n) is 6.94. The monoisotopic (exact) mass is 358 g/mol. The Hall–Kier alpha value is -3.09. The van der Waals surface area contributed by atoms with E-state index < -0.39 is 34.4 Å². The predicted octanol–water partition coefficient (Wildman–Crippen LogP) is 4.37. The van der Waals surface area contributed by atoms with Gasteiger partial charge >= 0.3 is 5.97 Å². The number of pyridine rings is 1. The van der Waals surface area contributed by atoms with Crippen LogP contribution in [0.1, 0.15) is 36.1 Å². The van der Waals surface area contributed by atoms with E-state index in [-0.39, 0.29) is 17.0 Å². The summed E-state index contributed by atoms with van der Waals surface area (Å²) in [7, 11) is 0. The van der Waals surface area contributed by atoms with E-state index in [0.717, 1.165) is 12.1 Å². The first-order chi connectivity index (χ1) is 12.1. The van der Waals surface area contributed by atoms with Crippen molar-refractivity contribution in [2.75, 3.05) is 0 Å². The number of nitrogens with zero attached hydrogens (tertiary/aromatic N) is 2. The molecule has 0 amide bonds. The Kier molecular flexibility index (Phi) is 4.10. The van der Waals surface area contributed by atoms with Crippen LogP contribution in [0.25, 0.3) is 22.2 Å². The van der Waals surface area contributed by atoms with Gasteiger partial charge in [0.1, 0.15) is 17.2 Å². The van der Waals surface area contributed by atoms with Gasteiger partial charge in [-0.15, -0.1) is 0 Å². The fourth-order valence-corrected chi connectivity index (χ4v) is 2.65. The highest BCUT2D eigenvalue weighted by Crippen LogP contribution is 2.31. The van der Waals surface area contributed by atoms with E-state index >= 15 is 4.39 Å². The van der Waals surface area contributed by atoms with Crippen LogP contribution in [0.15, 0.2) is 36.5 Å². The SMILES string of the molecule is CC(C)(C)C(=O)n1ccc2ccc(-c3nc(C(=O)O)ccc3F)c(F)c21. The topological polar surface area (TPSA) is 72.2 Å². The molecule has 3 rings (SSSR count). The number of carboxylic acids is 1. The van der Waals surface area contributed by atoms with Crippen molar-refractivity contribution in [3.8, 4) is 11.3 Å². The summed E-state index contributed by atoms with van der Waals surface area (Å²) in [5, 5.41) is 9.50. The highest BCUT2D eigenvalue weighted by Gasteiger charge is 2.26. The lowest BCUT2D eigenvalue weighted by atomic mass is 9.95. The number of carbonyl (C=O) groups excluding carboxylic acids is 1. The third-order valence-electron chi connectivity index (χ3n) is 3.97. The van der Waals surface area contributed by atoms with E-state index in [1.165, 1.54) is 22.9 Å². The molecular weight excluding hydrogens is 342 g/mol. The van der Waals surface area contributed by atoms with Crippen LogP contribution in [0.4, 0.5) is 8.78 Å². The fraction of sp³-hybridized carbons (Fsp3) is 0.211. The minimum absolute atomic E-state index is 0.00403. The van der Waals surface area contributed by atoms with Gasteiger partial charge in [0.25, 0.3) is 0 Å². The van der Waals surface area contributed by atoms with Gasteiger partial charge in [0.05, 0.1) is 5.52 Å². The summed E-state index contributed by atoms with van der Waals surface area (Å²) in [5.74, 6) is -3.36. The molecule has 0 fully saturated rings. The molecule has 0 saturated carbocycles. The van der Waals surface area contributed by atoms with Crippen molar-refractivity contribution >= 4 is 22.8 Å². The zero-order valence-corrected chi connectivity index (χ0v) is 14.4. The Morgan fingerprint density at radius 1 is 1.08 bits per heavy atom. The van der Waals surface area contributed by atoms with Gasteiger partial charge < -0.3 is 5.11 Å². The van der Waals surface area contributed by atoms with E-state index in [1.54, 1.807) is 26.8 Å². The maximum absolute atomic E-state index is 15.2. The Balaban J connectivity index is 2.27. The number of benzene rings is 1. The molecule has 3 aromatic rings. The molecule has 1 N–H and O–H groups in total. The maximum Gasteiger partial charge on any atom is 0.354 e. The van der Waals surface area contributed by atoms with Gasteiger partial charge in [-0.2, -0.15) is 0 Å². The Bertz CT molecular complexity index is 1050. The number of hydrogen-bond acceptors (Lipinski definition) is 3. The Morgan fingerprint density at radius 2 is 1.77 bits per heavy atom. The third kappa shape index (κ3) is 2.85.